The van der Waals surface area contributed by atoms with Gasteiger partial charge in [0.2, 0.25) is 5.69 Å². The quantitative estimate of drug-likeness (QED) is 0.0369. The van der Waals surface area contributed by atoms with Gasteiger partial charge in [0.05, 0.1) is 21.8 Å². The summed E-state index contributed by atoms with van der Waals surface area (Å²) in [5, 5.41) is 2.43. The average Bonchev–Trinajstić information content (AvgIpc) is 3.50. The van der Waals surface area contributed by atoms with E-state index < -0.39 is 57.1 Å². The lowest BCUT2D eigenvalue weighted by Crippen LogP contribution is -2.28. The maximum absolute atomic E-state index is 12.6. The minimum absolute atomic E-state index is 0.196. The van der Waals surface area contributed by atoms with E-state index in [0.29, 0.717) is 53.3 Å². The number of benzene rings is 4. The zero-order valence-corrected chi connectivity index (χ0v) is 37.3. The Morgan fingerprint density at radius 3 is 1.93 bits per heavy atom. The van der Waals surface area contributed by atoms with Crippen LogP contribution in [0, 0.1) is 0 Å². The molecular formula is C43H49N2O12S4+. The summed E-state index contributed by atoms with van der Waals surface area (Å²) in [6.07, 6.45) is 14.3. The highest BCUT2D eigenvalue weighted by molar-refractivity contribution is 7.86. The van der Waals surface area contributed by atoms with Gasteiger partial charge in [-0.25, -0.2) is 0 Å². The van der Waals surface area contributed by atoms with Gasteiger partial charge >= 0.3 is 0 Å². The normalized spacial score (nSPS) is 17.6. The second kappa shape index (κ2) is 17.0. The molecule has 14 nitrogen and oxygen atoms in total. The molecule has 0 aliphatic carbocycles. The van der Waals surface area contributed by atoms with Crippen molar-refractivity contribution in [2.75, 3.05) is 29.5 Å². The number of rotatable bonds is 16. The fourth-order valence-electron chi connectivity index (χ4n) is 8.61. The van der Waals surface area contributed by atoms with E-state index in [-0.39, 0.29) is 28.4 Å². The molecule has 2 aliphatic heterocycles. The van der Waals surface area contributed by atoms with Crippen LogP contribution in [0.15, 0.2) is 119 Å². The molecule has 4 aromatic carbocycles. The van der Waals surface area contributed by atoms with Gasteiger partial charge in [0.1, 0.15) is 11.4 Å². The molecule has 2 aliphatic rings. The van der Waals surface area contributed by atoms with Gasteiger partial charge in [-0.2, -0.15) is 38.2 Å². The molecule has 0 radical (unpaired) electrons. The maximum Gasteiger partial charge on any atom is 0.295 e. The Morgan fingerprint density at radius 2 is 1.28 bits per heavy atom. The fourth-order valence-corrected chi connectivity index (χ4v) is 11.0. The number of hydrogen-bond donors (Lipinski definition) is 4. The molecule has 4 aromatic rings. The smallest absolute Gasteiger partial charge is 0.295 e. The molecule has 4 N–H and O–H groups in total. The third-order valence-corrected chi connectivity index (χ3v) is 14.6. The van der Waals surface area contributed by atoms with Gasteiger partial charge in [-0.05, 0) is 91.2 Å². The molecule has 6 rings (SSSR count). The predicted octanol–water partition coefficient (Wildman–Crippen LogP) is 7.55. The molecule has 0 saturated heterocycles. The van der Waals surface area contributed by atoms with Gasteiger partial charge < -0.3 is 4.90 Å². The molecule has 0 fully saturated rings. The molecule has 326 valence electrons. The number of allylic oxidation sites excluding steroid dienone is 8. The number of fused-ring (bicyclic) bond motifs is 6. The van der Waals surface area contributed by atoms with Crippen molar-refractivity contribution in [3.63, 3.8) is 0 Å². The summed E-state index contributed by atoms with van der Waals surface area (Å²) >= 11 is 0. The first-order valence-corrected chi connectivity index (χ1v) is 25.6. The van der Waals surface area contributed by atoms with Crippen LogP contribution in [0.1, 0.15) is 64.5 Å². The molecule has 0 amide bonds. The summed E-state index contributed by atoms with van der Waals surface area (Å²) in [4.78, 5) is 1.57. The average molecular weight is 914 g/mol. The van der Waals surface area contributed by atoms with E-state index in [2.05, 4.69) is 4.58 Å². The van der Waals surface area contributed by atoms with E-state index in [1.807, 2.05) is 87.3 Å². The lowest BCUT2D eigenvalue weighted by molar-refractivity contribution is -0.438. The van der Waals surface area contributed by atoms with Crippen molar-refractivity contribution < 1.29 is 56.5 Å². The van der Waals surface area contributed by atoms with Gasteiger partial charge in [0.25, 0.3) is 40.5 Å². The molecule has 0 unspecified atom stereocenters. The van der Waals surface area contributed by atoms with Crippen LogP contribution in [0.4, 0.5) is 11.4 Å². The van der Waals surface area contributed by atoms with Crippen LogP contribution in [-0.4, -0.2) is 86.8 Å². The number of hydrogen-bond acceptors (Lipinski definition) is 9. The molecule has 2 heterocycles. The summed E-state index contributed by atoms with van der Waals surface area (Å²) in [5.41, 5.74) is 3.51. The third-order valence-electron chi connectivity index (χ3n) is 11.2. The monoisotopic (exact) mass is 913 g/mol. The second-order valence-corrected chi connectivity index (χ2v) is 22.2. The number of nitrogens with zero attached hydrogens (tertiary/aromatic N) is 2. The van der Waals surface area contributed by atoms with Crippen molar-refractivity contribution in [2.45, 2.75) is 74.0 Å². The van der Waals surface area contributed by atoms with Crippen LogP contribution in [0.3, 0.4) is 0 Å². The highest BCUT2D eigenvalue weighted by Crippen LogP contribution is 2.52. The molecule has 0 saturated carbocycles. The summed E-state index contributed by atoms with van der Waals surface area (Å²) in [6.45, 7) is 8.77. The maximum atomic E-state index is 12.6. The van der Waals surface area contributed by atoms with Crippen molar-refractivity contribution in [1.29, 1.82) is 0 Å². The van der Waals surface area contributed by atoms with E-state index >= 15 is 0 Å². The summed E-state index contributed by atoms with van der Waals surface area (Å²) in [7, 11) is -17.3. The number of anilines is 1. The minimum atomic E-state index is -4.59. The number of unbranched alkanes of at least 4 members (excludes halogenated alkanes) is 2. The Morgan fingerprint density at radius 1 is 0.639 bits per heavy atom. The molecule has 0 bridgehead atoms. The largest absolute Gasteiger partial charge is 0.344 e. The minimum Gasteiger partial charge on any atom is -0.344 e. The zero-order valence-electron chi connectivity index (χ0n) is 34.1. The standard InChI is InChI=1S/C43H48N2O12S4/c1-42(2)37(44(25-10-12-27-58(46,47)48)34-24-20-31-29-32(60(52,53)54)21-22-33(31)40(34)42)17-8-6-5-7-9-18-38-43(3,4)41-35(45(38)26-11-13-28-59(49,50)51)23-19-30-15-14-16-36(39(30)41)61(55,56)57/h5-9,14-24,29H,10-13,25-28H2,1-4H3,(H3-,46,47,48,49,50,51,52,53,54,55,56,57)/p+1. The van der Waals surface area contributed by atoms with Crippen LogP contribution in [0.2, 0.25) is 0 Å². The van der Waals surface area contributed by atoms with E-state index in [4.69, 9.17) is 0 Å². The van der Waals surface area contributed by atoms with E-state index in [9.17, 15) is 51.9 Å². The summed E-state index contributed by atoms with van der Waals surface area (Å²) in [5.74, 6) is -0.775. The van der Waals surface area contributed by atoms with E-state index in [1.165, 1.54) is 18.2 Å². The van der Waals surface area contributed by atoms with Gasteiger partial charge in [-0.1, -0.05) is 68.5 Å². The lowest BCUT2D eigenvalue weighted by atomic mass is 9.79. The van der Waals surface area contributed by atoms with Crippen molar-refractivity contribution in [3.8, 4) is 0 Å². The molecular weight excluding hydrogens is 865 g/mol. The Bertz CT molecular complexity index is 3040. The Labute approximate surface area is 357 Å². The van der Waals surface area contributed by atoms with E-state index in [1.54, 1.807) is 30.3 Å². The highest BCUT2D eigenvalue weighted by atomic mass is 32.2. The van der Waals surface area contributed by atoms with Crippen LogP contribution >= 0.6 is 0 Å². The van der Waals surface area contributed by atoms with Gasteiger partial charge in [0, 0.05) is 52.9 Å². The van der Waals surface area contributed by atoms with Gasteiger partial charge in [-0.3, -0.25) is 18.2 Å². The Kier molecular flexibility index (Phi) is 12.8. The first-order valence-electron chi connectivity index (χ1n) is 19.5. The molecule has 61 heavy (non-hydrogen) atoms. The molecule has 0 spiro atoms. The van der Waals surface area contributed by atoms with E-state index in [0.717, 1.165) is 28.0 Å². The molecule has 0 atom stereocenters. The first-order chi connectivity index (χ1) is 28.3. The third kappa shape index (κ3) is 9.92. The second-order valence-electron chi connectivity index (χ2n) is 16.2. The molecule has 18 heteroatoms. The SMILES string of the molecule is CC1(C)C(/C=C/C=C/C=C/C=C2/N(CCCCS(=O)(=O)O)c3ccc4cccc(S(=O)(=O)O)c4c3C2(C)C)=[N+](CCCCS(=O)(=O)O)c2ccc3cc(S(=O)(=O)O)ccc3c21. The van der Waals surface area contributed by atoms with Crippen molar-refractivity contribution in [3.05, 3.63) is 120 Å². The van der Waals surface area contributed by atoms with Crippen LogP contribution in [-0.2, 0) is 51.3 Å². The van der Waals surface area contributed by atoms with Crippen LogP contribution in [0.25, 0.3) is 21.5 Å². The topological polar surface area (TPSA) is 224 Å². The Hall–Kier alpha value is -4.53. The molecule has 0 aromatic heterocycles. The lowest BCUT2D eigenvalue weighted by Gasteiger charge is -2.27. The Balaban J connectivity index is 1.32. The van der Waals surface area contributed by atoms with Gasteiger partial charge in [0.15, 0.2) is 5.71 Å². The predicted molar refractivity (Wildman–Crippen MR) is 238 cm³/mol. The first kappa shape index (κ1) is 46.0. The van der Waals surface area contributed by atoms with Crippen LogP contribution in [0.5, 0.6) is 0 Å². The van der Waals surface area contributed by atoms with Crippen LogP contribution < -0.4 is 4.90 Å². The zero-order chi connectivity index (χ0) is 44.8. The van der Waals surface area contributed by atoms with Crippen molar-refractivity contribution in [2.24, 2.45) is 0 Å². The van der Waals surface area contributed by atoms with Crippen molar-refractivity contribution >= 4 is 79.1 Å². The summed E-state index contributed by atoms with van der Waals surface area (Å²) < 4.78 is 135. The summed E-state index contributed by atoms with van der Waals surface area (Å²) in [6, 6.07) is 16.4. The van der Waals surface area contributed by atoms with Crippen molar-refractivity contribution in [1.82, 2.24) is 0 Å². The fraction of sp³-hybridized carbons (Fsp3) is 0.326. The van der Waals surface area contributed by atoms with Gasteiger partial charge in [-0.15, -0.1) is 0 Å². The highest BCUT2D eigenvalue weighted by Gasteiger charge is 2.46.